The molecule has 0 fully saturated rings. The van der Waals surface area contributed by atoms with Crippen LogP contribution in [0.15, 0.2) is 30.0 Å². The molecule has 1 amide bonds. The quantitative estimate of drug-likeness (QED) is 0.587. The predicted molar refractivity (Wildman–Crippen MR) is 82.1 cm³/mol. The maximum atomic E-state index is 11.8. The van der Waals surface area contributed by atoms with Crippen molar-refractivity contribution < 1.29 is 28.6 Å². The SMILES string of the molecule is CNC(=O)c1cc(N/C(=C/C(=O)OC)C(=O)OC)ccc1OC. The third-order valence-electron chi connectivity index (χ3n) is 2.82. The minimum Gasteiger partial charge on any atom is -0.496 e. The summed E-state index contributed by atoms with van der Waals surface area (Å²) >= 11 is 0. The number of anilines is 1. The van der Waals surface area contributed by atoms with Crippen molar-refractivity contribution in [3.8, 4) is 5.75 Å². The van der Waals surface area contributed by atoms with E-state index >= 15 is 0 Å². The van der Waals surface area contributed by atoms with E-state index in [2.05, 4.69) is 20.1 Å². The van der Waals surface area contributed by atoms with Crippen LogP contribution in [0.1, 0.15) is 10.4 Å². The summed E-state index contributed by atoms with van der Waals surface area (Å²) in [7, 11) is 5.29. The van der Waals surface area contributed by atoms with E-state index in [0.717, 1.165) is 6.08 Å². The first-order chi connectivity index (χ1) is 11.0. The number of esters is 2. The monoisotopic (exact) mass is 322 g/mol. The van der Waals surface area contributed by atoms with Gasteiger partial charge < -0.3 is 24.8 Å². The van der Waals surface area contributed by atoms with Gasteiger partial charge in [0.2, 0.25) is 0 Å². The van der Waals surface area contributed by atoms with Crippen LogP contribution < -0.4 is 15.4 Å². The van der Waals surface area contributed by atoms with Crippen LogP contribution >= 0.6 is 0 Å². The van der Waals surface area contributed by atoms with Gasteiger partial charge in [-0.3, -0.25) is 4.79 Å². The third kappa shape index (κ3) is 4.73. The van der Waals surface area contributed by atoms with Gasteiger partial charge in [0.05, 0.1) is 33.0 Å². The van der Waals surface area contributed by atoms with E-state index in [-0.39, 0.29) is 17.2 Å². The lowest BCUT2D eigenvalue weighted by Crippen LogP contribution is -2.19. The maximum Gasteiger partial charge on any atom is 0.354 e. The Morgan fingerprint density at radius 1 is 1.09 bits per heavy atom. The average Bonchev–Trinajstić information content (AvgIpc) is 2.59. The van der Waals surface area contributed by atoms with Crippen LogP contribution in [0.3, 0.4) is 0 Å². The van der Waals surface area contributed by atoms with Crippen molar-refractivity contribution in [2.24, 2.45) is 0 Å². The molecule has 8 nitrogen and oxygen atoms in total. The molecule has 1 rings (SSSR count). The Hall–Kier alpha value is -3.03. The molecule has 0 bridgehead atoms. The largest absolute Gasteiger partial charge is 0.496 e. The molecular weight excluding hydrogens is 304 g/mol. The van der Waals surface area contributed by atoms with Crippen LogP contribution in [0.2, 0.25) is 0 Å². The van der Waals surface area contributed by atoms with Gasteiger partial charge >= 0.3 is 11.9 Å². The molecule has 124 valence electrons. The molecule has 0 aromatic heterocycles. The standard InChI is InChI=1S/C15H18N2O6/c1-16-14(19)10-7-9(5-6-12(10)21-2)17-11(15(20)23-4)8-13(18)22-3/h5-8,17H,1-4H3,(H,16,19)/b11-8+. The molecule has 0 atom stereocenters. The summed E-state index contributed by atoms with van der Waals surface area (Å²) in [5.41, 5.74) is 0.527. The van der Waals surface area contributed by atoms with Crippen LogP contribution in [0.25, 0.3) is 0 Å². The maximum absolute atomic E-state index is 11.8. The minimum atomic E-state index is -0.757. The summed E-state index contributed by atoms with van der Waals surface area (Å²) in [4.78, 5) is 34.9. The second kappa shape index (κ2) is 8.42. The Bertz CT molecular complexity index is 639. The molecule has 2 N–H and O–H groups in total. The molecule has 0 radical (unpaired) electrons. The highest BCUT2D eigenvalue weighted by Crippen LogP contribution is 2.23. The highest BCUT2D eigenvalue weighted by molar-refractivity contribution is 6.00. The fourth-order valence-electron chi connectivity index (χ4n) is 1.69. The lowest BCUT2D eigenvalue weighted by Gasteiger charge is -2.12. The molecule has 0 aliphatic rings. The molecule has 0 saturated carbocycles. The van der Waals surface area contributed by atoms with Gasteiger partial charge in [-0.15, -0.1) is 0 Å². The highest BCUT2D eigenvalue weighted by Gasteiger charge is 2.16. The molecule has 0 spiro atoms. The number of benzene rings is 1. The van der Waals surface area contributed by atoms with Gasteiger partial charge in [0, 0.05) is 12.7 Å². The third-order valence-corrected chi connectivity index (χ3v) is 2.82. The van der Waals surface area contributed by atoms with Gasteiger partial charge in [-0.2, -0.15) is 0 Å². The molecule has 0 aliphatic carbocycles. The summed E-state index contributed by atoms with van der Waals surface area (Å²) in [6.45, 7) is 0. The van der Waals surface area contributed by atoms with Gasteiger partial charge in [-0.1, -0.05) is 0 Å². The second-order valence-corrected chi connectivity index (χ2v) is 4.19. The van der Waals surface area contributed by atoms with Crippen molar-refractivity contribution in [1.29, 1.82) is 0 Å². The zero-order chi connectivity index (χ0) is 17.4. The lowest BCUT2D eigenvalue weighted by atomic mass is 10.1. The Morgan fingerprint density at radius 2 is 1.78 bits per heavy atom. The minimum absolute atomic E-state index is 0.132. The van der Waals surface area contributed by atoms with E-state index in [1.807, 2.05) is 0 Å². The molecule has 1 aromatic carbocycles. The van der Waals surface area contributed by atoms with Gasteiger partial charge in [0.1, 0.15) is 11.4 Å². The van der Waals surface area contributed by atoms with Crippen LogP contribution in [0.5, 0.6) is 5.75 Å². The summed E-state index contributed by atoms with van der Waals surface area (Å²) in [6.07, 6.45) is 0.954. The summed E-state index contributed by atoms with van der Waals surface area (Å²) in [5, 5.41) is 5.20. The average molecular weight is 322 g/mol. The van der Waals surface area contributed by atoms with Gasteiger partial charge in [0.25, 0.3) is 5.91 Å². The smallest absolute Gasteiger partial charge is 0.354 e. The number of hydrogen-bond donors (Lipinski definition) is 2. The van der Waals surface area contributed by atoms with Crippen molar-refractivity contribution in [3.05, 3.63) is 35.5 Å². The molecule has 1 aromatic rings. The zero-order valence-corrected chi connectivity index (χ0v) is 13.3. The van der Waals surface area contributed by atoms with E-state index < -0.39 is 11.9 Å². The number of carbonyl (C=O) groups is 3. The van der Waals surface area contributed by atoms with Gasteiger partial charge in [0.15, 0.2) is 0 Å². The van der Waals surface area contributed by atoms with Crippen molar-refractivity contribution in [1.82, 2.24) is 5.32 Å². The summed E-state index contributed by atoms with van der Waals surface area (Å²) in [6, 6.07) is 4.62. The number of carbonyl (C=O) groups excluding carboxylic acids is 3. The van der Waals surface area contributed by atoms with Gasteiger partial charge in [-0.25, -0.2) is 9.59 Å². The van der Waals surface area contributed by atoms with Crippen LogP contribution in [-0.2, 0) is 19.1 Å². The fraction of sp³-hybridized carbons (Fsp3) is 0.267. The van der Waals surface area contributed by atoms with E-state index in [4.69, 9.17) is 4.74 Å². The number of methoxy groups -OCH3 is 3. The predicted octanol–water partition coefficient (Wildman–Crippen LogP) is 0.697. The highest BCUT2D eigenvalue weighted by atomic mass is 16.5. The van der Waals surface area contributed by atoms with E-state index in [1.54, 1.807) is 12.1 Å². The Balaban J connectivity index is 3.19. The van der Waals surface area contributed by atoms with E-state index in [9.17, 15) is 14.4 Å². The second-order valence-electron chi connectivity index (χ2n) is 4.19. The molecular formula is C15H18N2O6. The normalized spacial score (nSPS) is 10.5. The Morgan fingerprint density at radius 3 is 2.30 bits per heavy atom. The number of amides is 1. The summed E-state index contributed by atoms with van der Waals surface area (Å²) in [5.74, 6) is -1.47. The molecule has 0 heterocycles. The lowest BCUT2D eigenvalue weighted by molar-refractivity contribution is -0.138. The number of hydrogen-bond acceptors (Lipinski definition) is 7. The first-order valence-electron chi connectivity index (χ1n) is 6.51. The zero-order valence-electron chi connectivity index (χ0n) is 13.3. The number of ether oxygens (including phenoxy) is 3. The van der Waals surface area contributed by atoms with Gasteiger partial charge in [-0.05, 0) is 18.2 Å². The first kappa shape index (κ1) is 18.0. The molecule has 0 aliphatic heterocycles. The fourth-order valence-corrected chi connectivity index (χ4v) is 1.69. The van der Waals surface area contributed by atoms with Crippen molar-refractivity contribution in [2.75, 3.05) is 33.7 Å². The topological polar surface area (TPSA) is 103 Å². The number of nitrogens with one attached hydrogen (secondary N) is 2. The molecule has 8 heteroatoms. The molecule has 0 unspecified atom stereocenters. The van der Waals surface area contributed by atoms with Crippen LogP contribution in [0, 0.1) is 0 Å². The van der Waals surface area contributed by atoms with E-state index in [0.29, 0.717) is 11.4 Å². The Labute approximate surface area is 133 Å². The number of rotatable bonds is 6. The van der Waals surface area contributed by atoms with E-state index in [1.165, 1.54) is 34.4 Å². The summed E-state index contributed by atoms with van der Waals surface area (Å²) < 4.78 is 14.2. The molecule has 0 saturated heterocycles. The van der Waals surface area contributed by atoms with Crippen molar-refractivity contribution in [2.45, 2.75) is 0 Å². The Kier molecular flexibility index (Phi) is 6.60. The first-order valence-corrected chi connectivity index (χ1v) is 6.51. The van der Waals surface area contributed by atoms with Crippen molar-refractivity contribution >= 4 is 23.5 Å². The van der Waals surface area contributed by atoms with Crippen LogP contribution in [0.4, 0.5) is 5.69 Å². The van der Waals surface area contributed by atoms with Crippen LogP contribution in [-0.4, -0.2) is 46.2 Å². The van der Waals surface area contributed by atoms with Crippen molar-refractivity contribution in [3.63, 3.8) is 0 Å². The molecule has 23 heavy (non-hydrogen) atoms.